The van der Waals surface area contributed by atoms with Crippen molar-refractivity contribution in [2.75, 3.05) is 77.0 Å². The average molecular weight is 602 g/mol. The van der Waals surface area contributed by atoms with Crippen LogP contribution in [-0.2, 0) is 9.53 Å². The van der Waals surface area contributed by atoms with Crippen LogP contribution in [0.4, 0.5) is 10.2 Å². The van der Waals surface area contributed by atoms with Crippen LogP contribution < -0.4 is 4.90 Å². The molecule has 2 aliphatic heterocycles. The van der Waals surface area contributed by atoms with Crippen molar-refractivity contribution in [3.05, 3.63) is 76.0 Å². The Bertz CT molecular complexity index is 1360. The van der Waals surface area contributed by atoms with Crippen LogP contribution in [0.2, 0.25) is 10.0 Å². The van der Waals surface area contributed by atoms with Gasteiger partial charge in [-0.2, -0.15) is 0 Å². The third-order valence-electron chi connectivity index (χ3n) is 7.32. The van der Waals surface area contributed by atoms with Crippen LogP contribution in [0, 0.1) is 5.82 Å². The number of hydrogen-bond donors (Lipinski definition) is 0. The van der Waals surface area contributed by atoms with Crippen molar-refractivity contribution in [1.82, 2.24) is 24.9 Å². The highest BCUT2D eigenvalue weighted by molar-refractivity contribution is 6.36. The first-order valence-corrected chi connectivity index (χ1v) is 14.3. The Labute approximate surface area is 248 Å². The van der Waals surface area contributed by atoms with Crippen molar-refractivity contribution < 1.29 is 18.7 Å². The molecular weight excluding hydrogens is 570 g/mol. The molecule has 5 rings (SSSR count). The molecule has 9 nitrogen and oxygen atoms in total. The summed E-state index contributed by atoms with van der Waals surface area (Å²) in [5.41, 5.74) is 1.35. The molecule has 2 amide bonds. The predicted octanol–water partition coefficient (Wildman–Crippen LogP) is 3.71. The molecule has 3 heterocycles. The largest absolute Gasteiger partial charge is 0.379 e. The molecule has 0 spiro atoms. The minimum Gasteiger partial charge on any atom is -0.379 e. The first kappa shape index (κ1) is 29.2. The number of amides is 2. The molecule has 0 atom stereocenters. The first-order chi connectivity index (χ1) is 19.9. The molecule has 1 aromatic heterocycles. The number of piperazine rings is 1. The van der Waals surface area contributed by atoms with Crippen LogP contribution in [0.15, 0.2) is 54.6 Å². The van der Waals surface area contributed by atoms with Gasteiger partial charge >= 0.3 is 0 Å². The van der Waals surface area contributed by atoms with Gasteiger partial charge in [0, 0.05) is 62.9 Å². The van der Waals surface area contributed by atoms with Gasteiger partial charge in [0.05, 0.1) is 29.5 Å². The third-order valence-corrected chi connectivity index (χ3v) is 7.87. The molecule has 2 fully saturated rings. The lowest BCUT2D eigenvalue weighted by Crippen LogP contribution is -2.53. The number of morpholine rings is 1. The molecule has 216 valence electrons. The lowest BCUT2D eigenvalue weighted by Gasteiger charge is -2.36. The topological polar surface area (TPSA) is 82.1 Å². The predicted molar refractivity (Wildman–Crippen MR) is 156 cm³/mol. The van der Waals surface area contributed by atoms with Crippen molar-refractivity contribution in [3.8, 4) is 11.3 Å². The van der Waals surface area contributed by atoms with E-state index in [0.29, 0.717) is 74.0 Å². The maximum atomic E-state index is 14.5. The normalized spacial score (nSPS) is 16.1. The van der Waals surface area contributed by atoms with Crippen molar-refractivity contribution in [2.24, 2.45) is 0 Å². The average Bonchev–Trinajstić information content (AvgIpc) is 3.00. The quantitative estimate of drug-likeness (QED) is 0.390. The Kier molecular flexibility index (Phi) is 9.66. The summed E-state index contributed by atoms with van der Waals surface area (Å²) < 4.78 is 19.9. The summed E-state index contributed by atoms with van der Waals surface area (Å²) in [5, 5.41) is 9.76. The highest BCUT2D eigenvalue weighted by Crippen LogP contribution is 2.29. The van der Waals surface area contributed by atoms with E-state index in [0.717, 1.165) is 18.7 Å². The Morgan fingerprint density at radius 2 is 1.68 bits per heavy atom. The maximum Gasteiger partial charge on any atom is 0.257 e. The molecule has 0 bridgehead atoms. The Morgan fingerprint density at radius 1 is 0.927 bits per heavy atom. The highest BCUT2D eigenvalue weighted by Gasteiger charge is 2.27. The van der Waals surface area contributed by atoms with Gasteiger partial charge in [-0.05, 0) is 42.5 Å². The van der Waals surface area contributed by atoms with Gasteiger partial charge in [-0.25, -0.2) is 4.39 Å². The molecule has 0 saturated carbocycles. The van der Waals surface area contributed by atoms with Crippen molar-refractivity contribution in [1.29, 1.82) is 0 Å². The minimum atomic E-state index is -0.597. The van der Waals surface area contributed by atoms with E-state index in [9.17, 15) is 14.0 Å². The van der Waals surface area contributed by atoms with Gasteiger partial charge in [-0.1, -0.05) is 35.3 Å². The standard InChI is InChI=1S/C29H31Cl2FN6O3/c30-21-5-6-22(24(31)19-21)26-7-8-27(34-33-26)36-11-13-37(14-12-36)28(39)20-38(10-9-35-15-17-41-18-16-35)29(40)23-3-1-2-4-25(23)32/h1-8,19H,9-18,20H2. The zero-order valence-corrected chi connectivity index (χ0v) is 24.0. The van der Waals surface area contributed by atoms with Crippen LogP contribution in [0.1, 0.15) is 10.4 Å². The van der Waals surface area contributed by atoms with Gasteiger partial charge in [0.2, 0.25) is 5.91 Å². The summed E-state index contributed by atoms with van der Waals surface area (Å²) in [6, 6.07) is 14.8. The number of anilines is 1. The fourth-order valence-corrected chi connectivity index (χ4v) is 5.43. The van der Waals surface area contributed by atoms with E-state index in [4.69, 9.17) is 27.9 Å². The summed E-state index contributed by atoms with van der Waals surface area (Å²) in [6.45, 7) is 5.63. The van der Waals surface area contributed by atoms with Crippen molar-refractivity contribution in [2.45, 2.75) is 0 Å². The molecule has 41 heavy (non-hydrogen) atoms. The van der Waals surface area contributed by atoms with E-state index in [2.05, 4.69) is 20.0 Å². The monoisotopic (exact) mass is 600 g/mol. The first-order valence-electron chi connectivity index (χ1n) is 13.5. The van der Waals surface area contributed by atoms with Gasteiger partial charge in [0.1, 0.15) is 12.4 Å². The Hall–Kier alpha value is -3.31. The summed E-state index contributed by atoms with van der Waals surface area (Å²) in [5.74, 6) is -0.553. The SMILES string of the molecule is O=C(CN(CCN1CCOCC1)C(=O)c1ccccc1F)N1CCN(c2ccc(-c3ccc(Cl)cc3Cl)nn2)CC1. The van der Waals surface area contributed by atoms with E-state index in [1.165, 1.54) is 17.0 Å². The molecule has 3 aromatic rings. The van der Waals surface area contributed by atoms with Crippen LogP contribution >= 0.6 is 23.2 Å². The smallest absolute Gasteiger partial charge is 0.257 e. The minimum absolute atomic E-state index is 0.0333. The molecule has 0 N–H and O–H groups in total. The molecule has 2 aromatic carbocycles. The van der Waals surface area contributed by atoms with Crippen LogP contribution in [0.25, 0.3) is 11.3 Å². The van der Waals surface area contributed by atoms with E-state index < -0.39 is 11.7 Å². The second-order valence-electron chi connectivity index (χ2n) is 9.93. The number of hydrogen-bond acceptors (Lipinski definition) is 7. The van der Waals surface area contributed by atoms with Crippen LogP contribution in [0.3, 0.4) is 0 Å². The number of carbonyl (C=O) groups excluding carboxylic acids is 2. The third kappa shape index (κ3) is 7.32. The number of ether oxygens (including phenoxy) is 1. The van der Waals surface area contributed by atoms with Gasteiger partial charge in [-0.3, -0.25) is 14.5 Å². The fourth-order valence-electron chi connectivity index (χ4n) is 4.93. The molecule has 2 aliphatic rings. The van der Waals surface area contributed by atoms with Crippen molar-refractivity contribution >= 4 is 40.8 Å². The van der Waals surface area contributed by atoms with Crippen LogP contribution in [0.5, 0.6) is 0 Å². The highest BCUT2D eigenvalue weighted by atomic mass is 35.5. The number of rotatable bonds is 8. The number of carbonyl (C=O) groups is 2. The molecule has 0 radical (unpaired) electrons. The number of aromatic nitrogens is 2. The maximum absolute atomic E-state index is 14.5. The number of halogens is 3. The van der Waals surface area contributed by atoms with E-state index >= 15 is 0 Å². The second-order valence-corrected chi connectivity index (χ2v) is 10.8. The van der Waals surface area contributed by atoms with Crippen LogP contribution in [-0.4, -0.2) is 109 Å². The Balaban J connectivity index is 1.19. The number of nitrogens with zero attached hydrogens (tertiary/aromatic N) is 6. The summed E-state index contributed by atoms with van der Waals surface area (Å²) >= 11 is 12.3. The lowest BCUT2D eigenvalue weighted by molar-refractivity contribution is -0.132. The van der Waals surface area contributed by atoms with E-state index in [-0.39, 0.29) is 18.0 Å². The molecule has 0 aliphatic carbocycles. The molecule has 2 saturated heterocycles. The zero-order valence-electron chi connectivity index (χ0n) is 22.5. The zero-order chi connectivity index (χ0) is 28.8. The van der Waals surface area contributed by atoms with Crippen molar-refractivity contribution in [3.63, 3.8) is 0 Å². The summed E-state index contributed by atoms with van der Waals surface area (Å²) in [7, 11) is 0. The Morgan fingerprint density at radius 3 is 2.37 bits per heavy atom. The van der Waals surface area contributed by atoms with Gasteiger partial charge in [-0.15, -0.1) is 10.2 Å². The van der Waals surface area contributed by atoms with E-state index in [1.807, 2.05) is 12.1 Å². The fraction of sp³-hybridized carbons (Fsp3) is 0.379. The summed E-state index contributed by atoms with van der Waals surface area (Å²) in [4.78, 5) is 34.0. The van der Waals surface area contributed by atoms with Gasteiger partial charge in [0.15, 0.2) is 5.82 Å². The van der Waals surface area contributed by atoms with E-state index in [1.54, 1.807) is 35.2 Å². The molecular formula is C29H31Cl2FN6O3. The van der Waals surface area contributed by atoms with Gasteiger partial charge in [0.25, 0.3) is 5.91 Å². The summed E-state index contributed by atoms with van der Waals surface area (Å²) in [6.07, 6.45) is 0. The molecule has 12 heteroatoms. The lowest BCUT2D eigenvalue weighted by atomic mass is 10.1. The second kappa shape index (κ2) is 13.6. The van der Waals surface area contributed by atoms with Gasteiger partial charge < -0.3 is 19.4 Å². The number of benzene rings is 2. The molecule has 0 unspecified atom stereocenters.